The standard InChI is InChI=1S/C18H15NO4/c20-12-7-8-19(10-12)18(22)11-5-6-14-16(9-11)23-15-4-2-1-3-13(15)17(14)21/h1-6,9,12,20H,7-8,10H2/t12-/m0/s1. The van der Waals surface area contributed by atoms with Gasteiger partial charge < -0.3 is 14.4 Å². The molecule has 1 N–H and O–H groups in total. The van der Waals surface area contributed by atoms with Crippen LogP contribution in [-0.4, -0.2) is 35.1 Å². The van der Waals surface area contributed by atoms with Gasteiger partial charge in [0.2, 0.25) is 5.43 Å². The van der Waals surface area contributed by atoms with Gasteiger partial charge in [0.1, 0.15) is 11.2 Å². The molecule has 1 aliphatic rings. The number of aliphatic hydroxyl groups excluding tert-OH is 1. The number of amides is 1. The SMILES string of the molecule is O=C(c1ccc2c(=O)c3ccccc3oc2c1)N1CC[C@H](O)C1. The Morgan fingerprint density at radius 1 is 1.13 bits per heavy atom. The van der Waals surface area contributed by atoms with Crippen molar-refractivity contribution in [3.63, 3.8) is 0 Å². The van der Waals surface area contributed by atoms with Crippen LogP contribution in [0.5, 0.6) is 0 Å². The van der Waals surface area contributed by atoms with Crippen molar-refractivity contribution in [2.24, 2.45) is 0 Å². The van der Waals surface area contributed by atoms with Gasteiger partial charge in [-0.15, -0.1) is 0 Å². The first-order valence-corrected chi connectivity index (χ1v) is 7.56. The molecule has 5 nitrogen and oxygen atoms in total. The molecule has 1 saturated heterocycles. The molecule has 116 valence electrons. The number of fused-ring (bicyclic) bond motifs is 2. The van der Waals surface area contributed by atoms with E-state index in [2.05, 4.69) is 0 Å². The summed E-state index contributed by atoms with van der Waals surface area (Å²) < 4.78 is 5.78. The van der Waals surface area contributed by atoms with E-state index in [9.17, 15) is 14.7 Å². The van der Waals surface area contributed by atoms with Crippen LogP contribution >= 0.6 is 0 Å². The van der Waals surface area contributed by atoms with Crippen LogP contribution in [-0.2, 0) is 0 Å². The average Bonchev–Trinajstić information content (AvgIpc) is 3.00. The third-order valence-corrected chi connectivity index (χ3v) is 4.28. The smallest absolute Gasteiger partial charge is 0.254 e. The third-order valence-electron chi connectivity index (χ3n) is 4.28. The van der Waals surface area contributed by atoms with Gasteiger partial charge in [-0.2, -0.15) is 0 Å². The number of carbonyl (C=O) groups is 1. The molecule has 5 heteroatoms. The van der Waals surface area contributed by atoms with E-state index in [1.54, 1.807) is 47.4 Å². The zero-order valence-corrected chi connectivity index (χ0v) is 12.4. The lowest BCUT2D eigenvalue weighted by atomic mass is 10.1. The van der Waals surface area contributed by atoms with Gasteiger partial charge in [-0.25, -0.2) is 0 Å². The molecule has 1 amide bonds. The molecule has 4 rings (SSSR count). The molecule has 2 aromatic carbocycles. The first-order chi connectivity index (χ1) is 11.1. The lowest BCUT2D eigenvalue weighted by Crippen LogP contribution is -2.29. The van der Waals surface area contributed by atoms with Crippen molar-refractivity contribution in [3.05, 3.63) is 58.3 Å². The van der Waals surface area contributed by atoms with Gasteiger partial charge >= 0.3 is 0 Å². The van der Waals surface area contributed by atoms with Crippen LogP contribution in [0.1, 0.15) is 16.8 Å². The van der Waals surface area contributed by atoms with Gasteiger partial charge in [-0.05, 0) is 36.8 Å². The van der Waals surface area contributed by atoms with E-state index in [4.69, 9.17) is 4.42 Å². The van der Waals surface area contributed by atoms with Crippen LogP contribution in [0.4, 0.5) is 0 Å². The molecular formula is C18H15NO4. The van der Waals surface area contributed by atoms with E-state index in [1.165, 1.54) is 0 Å². The predicted molar refractivity (Wildman–Crippen MR) is 86.5 cm³/mol. The predicted octanol–water partition coefficient (Wildman–Crippen LogP) is 2.15. The summed E-state index contributed by atoms with van der Waals surface area (Å²) in [5, 5.41) is 10.6. The maximum Gasteiger partial charge on any atom is 0.254 e. The molecule has 1 atom stereocenters. The number of β-amino-alcohol motifs (C(OH)–C–C–N with tert-alkyl or cyclic N) is 1. The minimum Gasteiger partial charge on any atom is -0.456 e. The van der Waals surface area contributed by atoms with Gasteiger partial charge in [-0.1, -0.05) is 12.1 Å². The Bertz CT molecular complexity index is 976. The Labute approximate surface area is 131 Å². The molecule has 0 unspecified atom stereocenters. The lowest BCUT2D eigenvalue weighted by molar-refractivity contribution is 0.0765. The summed E-state index contributed by atoms with van der Waals surface area (Å²) in [7, 11) is 0. The first-order valence-electron chi connectivity index (χ1n) is 7.56. The van der Waals surface area contributed by atoms with Gasteiger partial charge in [0.25, 0.3) is 5.91 Å². The highest BCUT2D eigenvalue weighted by molar-refractivity contribution is 5.99. The van der Waals surface area contributed by atoms with E-state index in [0.717, 1.165) is 0 Å². The number of benzene rings is 2. The van der Waals surface area contributed by atoms with Crippen LogP contribution in [0, 0.1) is 0 Å². The summed E-state index contributed by atoms with van der Waals surface area (Å²) in [6.07, 6.45) is 0.139. The number of hydrogen-bond donors (Lipinski definition) is 1. The summed E-state index contributed by atoms with van der Waals surface area (Å²) in [5.74, 6) is -0.153. The fourth-order valence-corrected chi connectivity index (χ4v) is 3.04. The van der Waals surface area contributed by atoms with Crippen LogP contribution in [0.3, 0.4) is 0 Å². The van der Waals surface area contributed by atoms with Crippen LogP contribution in [0.15, 0.2) is 51.7 Å². The van der Waals surface area contributed by atoms with Gasteiger partial charge in [-0.3, -0.25) is 9.59 Å². The summed E-state index contributed by atoms with van der Waals surface area (Å²) in [6.45, 7) is 0.887. The number of aliphatic hydroxyl groups is 1. The second kappa shape index (κ2) is 5.21. The minimum absolute atomic E-state index is 0.0996. The first kappa shape index (κ1) is 14.0. The number of para-hydroxylation sites is 1. The highest BCUT2D eigenvalue weighted by atomic mass is 16.3. The quantitative estimate of drug-likeness (QED) is 0.699. The van der Waals surface area contributed by atoms with E-state index < -0.39 is 6.10 Å². The third kappa shape index (κ3) is 2.29. The molecule has 0 aliphatic carbocycles. The Kier molecular flexibility index (Phi) is 3.16. The Morgan fingerprint density at radius 3 is 2.70 bits per heavy atom. The number of rotatable bonds is 1. The Hall–Kier alpha value is -2.66. The Morgan fingerprint density at radius 2 is 1.91 bits per heavy atom. The van der Waals surface area contributed by atoms with E-state index in [0.29, 0.717) is 47.0 Å². The van der Waals surface area contributed by atoms with Crippen LogP contribution in [0.25, 0.3) is 21.9 Å². The zero-order chi connectivity index (χ0) is 16.0. The fraction of sp³-hybridized carbons (Fsp3) is 0.222. The maximum atomic E-state index is 12.5. The largest absolute Gasteiger partial charge is 0.456 e. The van der Waals surface area contributed by atoms with Crippen molar-refractivity contribution in [2.75, 3.05) is 13.1 Å². The van der Waals surface area contributed by atoms with Crippen molar-refractivity contribution in [2.45, 2.75) is 12.5 Å². The number of carbonyl (C=O) groups excluding carboxylic acids is 1. The van der Waals surface area contributed by atoms with Gasteiger partial charge in [0.15, 0.2) is 0 Å². The van der Waals surface area contributed by atoms with Crippen molar-refractivity contribution < 1.29 is 14.3 Å². The number of hydrogen-bond acceptors (Lipinski definition) is 4. The highest BCUT2D eigenvalue weighted by Crippen LogP contribution is 2.21. The van der Waals surface area contributed by atoms with Crippen molar-refractivity contribution >= 4 is 27.8 Å². The minimum atomic E-state index is -0.457. The second-order valence-corrected chi connectivity index (χ2v) is 5.83. The van der Waals surface area contributed by atoms with Crippen molar-refractivity contribution in [1.29, 1.82) is 0 Å². The molecule has 0 saturated carbocycles. The summed E-state index contributed by atoms with van der Waals surface area (Å²) >= 11 is 0. The van der Waals surface area contributed by atoms with Gasteiger partial charge in [0, 0.05) is 18.7 Å². The van der Waals surface area contributed by atoms with Crippen LogP contribution in [0.2, 0.25) is 0 Å². The van der Waals surface area contributed by atoms with E-state index in [-0.39, 0.29) is 11.3 Å². The lowest BCUT2D eigenvalue weighted by Gasteiger charge is -2.15. The summed E-state index contributed by atoms with van der Waals surface area (Å²) in [6, 6.07) is 11.9. The molecule has 0 spiro atoms. The fourth-order valence-electron chi connectivity index (χ4n) is 3.04. The molecule has 1 aliphatic heterocycles. The van der Waals surface area contributed by atoms with Gasteiger partial charge in [0.05, 0.1) is 16.9 Å². The monoisotopic (exact) mass is 309 g/mol. The topological polar surface area (TPSA) is 70.8 Å². The molecule has 0 radical (unpaired) electrons. The maximum absolute atomic E-state index is 12.5. The zero-order valence-electron chi connectivity index (χ0n) is 12.4. The molecule has 0 bridgehead atoms. The molecule has 3 aromatic rings. The molecule has 1 aromatic heterocycles. The summed E-state index contributed by atoms with van der Waals surface area (Å²) in [4.78, 5) is 26.6. The number of likely N-dealkylation sites (tertiary alicyclic amines) is 1. The average molecular weight is 309 g/mol. The molecule has 2 heterocycles. The van der Waals surface area contributed by atoms with E-state index >= 15 is 0 Å². The van der Waals surface area contributed by atoms with Crippen molar-refractivity contribution in [3.8, 4) is 0 Å². The molecule has 1 fully saturated rings. The normalized spacial score (nSPS) is 18.0. The number of nitrogens with zero attached hydrogens (tertiary/aromatic N) is 1. The second-order valence-electron chi connectivity index (χ2n) is 5.83. The Balaban J connectivity index is 1.83. The van der Waals surface area contributed by atoms with Crippen LogP contribution < -0.4 is 5.43 Å². The molecular weight excluding hydrogens is 294 g/mol. The summed E-state index contributed by atoms with van der Waals surface area (Å²) in [5.41, 5.74) is 1.27. The molecule has 23 heavy (non-hydrogen) atoms. The van der Waals surface area contributed by atoms with E-state index in [1.807, 2.05) is 0 Å². The highest BCUT2D eigenvalue weighted by Gasteiger charge is 2.25. The van der Waals surface area contributed by atoms with Crippen molar-refractivity contribution in [1.82, 2.24) is 4.90 Å².